The zero-order chi connectivity index (χ0) is 12.0. The van der Waals surface area contributed by atoms with Gasteiger partial charge in [0.25, 0.3) is 0 Å². The van der Waals surface area contributed by atoms with Crippen LogP contribution in [0.15, 0.2) is 18.5 Å². The average Bonchev–Trinajstić information content (AvgIpc) is 2.85. The second-order valence-corrected chi connectivity index (χ2v) is 6.51. The van der Waals surface area contributed by atoms with Gasteiger partial charge in [0.2, 0.25) is 0 Å². The van der Waals surface area contributed by atoms with Crippen LogP contribution in [0.25, 0.3) is 20.0 Å². The first-order chi connectivity index (χ1) is 8.15. The van der Waals surface area contributed by atoms with Gasteiger partial charge in [-0.25, -0.2) is 9.97 Å². The molecule has 0 bridgehead atoms. The lowest BCUT2D eigenvalue weighted by atomic mass is 10.2. The third-order valence-electron chi connectivity index (χ3n) is 2.68. The second-order valence-electron chi connectivity index (χ2n) is 3.84. The fourth-order valence-electron chi connectivity index (χ4n) is 1.64. The Kier molecular flexibility index (Phi) is 2.65. The van der Waals surface area contributed by atoms with Crippen LogP contribution in [0.5, 0.6) is 0 Å². The van der Waals surface area contributed by atoms with Crippen LogP contribution in [0.3, 0.4) is 0 Å². The lowest BCUT2D eigenvalue weighted by molar-refractivity contribution is 1.23. The standard InChI is InChI=1S/C12H9ClN2S2/c1-6-3-9(16-7(6)2)10-4-8-11(17-10)12(13)15-5-14-8/h3-5H,1-2H3. The molecule has 0 amide bonds. The number of thiophene rings is 2. The second kappa shape index (κ2) is 4.05. The van der Waals surface area contributed by atoms with Crippen molar-refractivity contribution in [1.82, 2.24) is 9.97 Å². The monoisotopic (exact) mass is 280 g/mol. The number of nitrogens with zero attached hydrogens (tertiary/aromatic N) is 2. The molecular formula is C12H9ClN2S2. The minimum Gasteiger partial charge on any atom is -0.235 e. The minimum absolute atomic E-state index is 0.538. The quantitative estimate of drug-likeness (QED) is 0.604. The summed E-state index contributed by atoms with van der Waals surface area (Å²) in [6.45, 7) is 4.28. The molecule has 0 atom stereocenters. The highest BCUT2D eigenvalue weighted by Gasteiger charge is 2.11. The first-order valence-corrected chi connectivity index (χ1v) is 7.13. The average molecular weight is 281 g/mol. The molecule has 0 saturated carbocycles. The summed E-state index contributed by atoms with van der Waals surface area (Å²) in [5.74, 6) is 0. The molecule has 3 heterocycles. The molecule has 0 aromatic carbocycles. The normalized spacial score (nSPS) is 11.2. The van der Waals surface area contributed by atoms with Crippen molar-refractivity contribution >= 4 is 44.5 Å². The van der Waals surface area contributed by atoms with Crippen LogP contribution in [0.2, 0.25) is 5.15 Å². The van der Waals surface area contributed by atoms with Crippen LogP contribution in [0.4, 0.5) is 0 Å². The van der Waals surface area contributed by atoms with Gasteiger partial charge in [-0.15, -0.1) is 22.7 Å². The Hall–Kier alpha value is -0.970. The van der Waals surface area contributed by atoms with Crippen molar-refractivity contribution in [2.75, 3.05) is 0 Å². The molecule has 0 aliphatic heterocycles. The van der Waals surface area contributed by atoms with Crippen molar-refractivity contribution in [2.45, 2.75) is 13.8 Å². The van der Waals surface area contributed by atoms with Crippen molar-refractivity contribution in [2.24, 2.45) is 0 Å². The fourth-order valence-corrected chi connectivity index (χ4v) is 4.00. The molecule has 0 aliphatic carbocycles. The molecular weight excluding hydrogens is 272 g/mol. The highest BCUT2D eigenvalue weighted by Crippen LogP contribution is 2.39. The highest BCUT2D eigenvalue weighted by molar-refractivity contribution is 7.26. The van der Waals surface area contributed by atoms with Gasteiger partial charge in [-0.3, -0.25) is 0 Å². The van der Waals surface area contributed by atoms with E-state index in [9.17, 15) is 0 Å². The molecule has 0 fully saturated rings. The van der Waals surface area contributed by atoms with Gasteiger partial charge in [-0.2, -0.15) is 0 Å². The summed E-state index contributed by atoms with van der Waals surface area (Å²) in [4.78, 5) is 12.1. The SMILES string of the molecule is Cc1cc(-c2cc3ncnc(Cl)c3s2)sc1C. The van der Waals surface area contributed by atoms with Crippen LogP contribution in [0.1, 0.15) is 10.4 Å². The Morgan fingerprint density at radius 2 is 1.82 bits per heavy atom. The largest absolute Gasteiger partial charge is 0.235 e. The fraction of sp³-hybridized carbons (Fsp3) is 0.167. The predicted octanol–water partition coefficient (Wildman–Crippen LogP) is 4.69. The molecule has 17 heavy (non-hydrogen) atoms. The smallest absolute Gasteiger partial charge is 0.150 e. The lowest BCUT2D eigenvalue weighted by Crippen LogP contribution is -1.76. The van der Waals surface area contributed by atoms with E-state index in [2.05, 4.69) is 35.9 Å². The van der Waals surface area contributed by atoms with E-state index in [1.165, 1.54) is 26.5 Å². The minimum atomic E-state index is 0.538. The van der Waals surface area contributed by atoms with Crippen molar-refractivity contribution < 1.29 is 0 Å². The molecule has 5 heteroatoms. The Balaban J connectivity index is 2.21. The summed E-state index contributed by atoms with van der Waals surface area (Å²) < 4.78 is 0.966. The van der Waals surface area contributed by atoms with E-state index < -0.39 is 0 Å². The number of aryl methyl sites for hydroxylation is 2. The molecule has 0 radical (unpaired) electrons. The van der Waals surface area contributed by atoms with E-state index in [0.717, 1.165) is 10.2 Å². The third kappa shape index (κ3) is 1.86. The van der Waals surface area contributed by atoms with Crippen LogP contribution in [0, 0.1) is 13.8 Å². The maximum atomic E-state index is 6.06. The number of hydrogen-bond acceptors (Lipinski definition) is 4. The molecule has 3 aromatic heterocycles. The molecule has 0 unspecified atom stereocenters. The highest BCUT2D eigenvalue weighted by atomic mass is 35.5. The van der Waals surface area contributed by atoms with Crippen LogP contribution < -0.4 is 0 Å². The van der Waals surface area contributed by atoms with Gasteiger partial charge in [0.1, 0.15) is 11.5 Å². The van der Waals surface area contributed by atoms with E-state index in [1.807, 2.05) is 11.3 Å². The van der Waals surface area contributed by atoms with E-state index in [0.29, 0.717) is 5.15 Å². The van der Waals surface area contributed by atoms with Gasteiger partial charge in [-0.05, 0) is 31.5 Å². The number of hydrogen-bond donors (Lipinski definition) is 0. The molecule has 0 spiro atoms. The Morgan fingerprint density at radius 1 is 1.06 bits per heavy atom. The van der Waals surface area contributed by atoms with Gasteiger partial charge >= 0.3 is 0 Å². The molecule has 86 valence electrons. The molecule has 3 rings (SSSR count). The van der Waals surface area contributed by atoms with E-state index >= 15 is 0 Å². The van der Waals surface area contributed by atoms with Gasteiger partial charge < -0.3 is 0 Å². The van der Waals surface area contributed by atoms with Crippen molar-refractivity contribution in [3.05, 3.63) is 34.1 Å². The van der Waals surface area contributed by atoms with E-state index in [1.54, 1.807) is 11.3 Å². The summed E-state index contributed by atoms with van der Waals surface area (Å²) in [7, 11) is 0. The third-order valence-corrected chi connectivity index (χ3v) is 5.55. The molecule has 3 aromatic rings. The first kappa shape index (κ1) is 11.1. The van der Waals surface area contributed by atoms with Crippen molar-refractivity contribution in [3.8, 4) is 9.75 Å². The molecule has 0 aliphatic rings. The molecule has 0 N–H and O–H groups in total. The summed E-state index contributed by atoms with van der Waals surface area (Å²) in [5, 5.41) is 0.538. The van der Waals surface area contributed by atoms with Crippen LogP contribution in [-0.4, -0.2) is 9.97 Å². The van der Waals surface area contributed by atoms with Crippen LogP contribution >= 0.6 is 34.3 Å². The maximum absolute atomic E-state index is 6.06. The van der Waals surface area contributed by atoms with Crippen LogP contribution in [-0.2, 0) is 0 Å². The number of rotatable bonds is 1. The van der Waals surface area contributed by atoms with E-state index in [4.69, 9.17) is 11.6 Å². The lowest BCUT2D eigenvalue weighted by Gasteiger charge is -1.88. The molecule has 2 nitrogen and oxygen atoms in total. The maximum Gasteiger partial charge on any atom is 0.150 e. The predicted molar refractivity (Wildman–Crippen MR) is 75.2 cm³/mol. The summed E-state index contributed by atoms with van der Waals surface area (Å²) in [5.41, 5.74) is 2.26. The number of halogens is 1. The number of fused-ring (bicyclic) bond motifs is 1. The van der Waals surface area contributed by atoms with Crippen molar-refractivity contribution in [3.63, 3.8) is 0 Å². The van der Waals surface area contributed by atoms with Gasteiger partial charge in [0, 0.05) is 14.6 Å². The Morgan fingerprint density at radius 3 is 2.47 bits per heavy atom. The van der Waals surface area contributed by atoms with Gasteiger partial charge in [0.15, 0.2) is 0 Å². The van der Waals surface area contributed by atoms with Gasteiger partial charge in [-0.1, -0.05) is 11.6 Å². The van der Waals surface area contributed by atoms with Gasteiger partial charge in [0.05, 0.1) is 10.2 Å². The zero-order valence-corrected chi connectivity index (χ0v) is 11.7. The summed E-state index contributed by atoms with van der Waals surface area (Å²) in [6, 6.07) is 4.30. The first-order valence-electron chi connectivity index (χ1n) is 5.12. The molecule has 0 saturated heterocycles. The van der Waals surface area contributed by atoms with Crippen molar-refractivity contribution in [1.29, 1.82) is 0 Å². The topological polar surface area (TPSA) is 25.8 Å². The number of aromatic nitrogens is 2. The summed E-state index contributed by atoms with van der Waals surface area (Å²) >= 11 is 9.52. The zero-order valence-electron chi connectivity index (χ0n) is 9.32. The summed E-state index contributed by atoms with van der Waals surface area (Å²) in [6.07, 6.45) is 1.51. The Labute approximate surface area is 112 Å². The van der Waals surface area contributed by atoms with E-state index in [-0.39, 0.29) is 0 Å². The Bertz CT molecular complexity index is 680.